The summed E-state index contributed by atoms with van der Waals surface area (Å²) in [6, 6.07) is 0.474. The molecule has 102 valence electrons. The van der Waals surface area contributed by atoms with Crippen LogP contribution in [-0.2, 0) is 4.79 Å². The van der Waals surface area contributed by atoms with Crippen molar-refractivity contribution in [2.45, 2.75) is 45.1 Å². The topological polar surface area (TPSA) is 60.9 Å². The van der Waals surface area contributed by atoms with Crippen molar-refractivity contribution in [3.05, 3.63) is 0 Å². The highest BCUT2D eigenvalue weighted by atomic mass is 16.4. The lowest BCUT2D eigenvalue weighted by Crippen LogP contribution is -2.50. The molecule has 1 aliphatic carbocycles. The van der Waals surface area contributed by atoms with Crippen LogP contribution in [0.4, 0.5) is 4.79 Å². The van der Waals surface area contributed by atoms with Crippen LogP contribution in [0.25, 0.3) is 0 Å². The minimum Gasteiger partial charge on any atom is -0.481 e. The van der Waals surface area contributed by atoms with Crippen LogP contribution >= 0.6 is 0 Å². The fourth-order valence-electron chi connectivity index (χ4n) is 2.69. The van der Waals surface area contributed by atoms with E-state index in [0.717, 1.165) is 12.8 Å². The maximum Gasteiger partial charge on any atom is 0.319 e. The minimum absolute atomic E-state index is 0.0626. The first-order valence-corrected chi connectivity index (χ1v) is 6.75. The third-order valence-corrected chi connectivity index (χ3v) is 4.52. The molecule has 0 aromatic heterocycles. The fraction of sp³-hybridized carbons (Fsp3) is 0.846. The maximum absolute atomic E-state index is 12.2. The van der Waals surface area contributed by atoms with Gasteiger partial charge in [-0.1, -0.05) is 6.92 Å². The zero-order chi connectivity index (χ0) is 13.3. The van der Waals surface area contributed by atoms with Crippen LogP contribution in [0.1, 0.15) is 39.0 Å². The van der Waals surface area contributed by atoms with Gasteiger partial charge in [-0.2, -0.15) is 0 Å². The Labute approximate surface area is 108 Å². The van der Waals surface area contributed by atoms with E-state index in [1.165, 1.54) is 0 Å². The summed E-state index contributed by atoms with van der Waals surface area (Å²) in [4.78, 5) is 27.1. The molecule has 5 nitrogen and oxygen atoms in total. The van der Waals surface area contributed by atoms with Crippen molar-refractivity contribution in [2.75, 3.05) is 20.1 Å². The van der Waals surface area contributed by atoms with Crippen LogP contribution < -0.4 is 0 Å². The molecule has 1 N–H and O–H groups in total. The molecular weight excluding hydrogens is 232 g/mol. The summed E-state index contributed by atoms with van der Waals surface area (Å²) in [6.45, 7) is 3.05. The Morgan fingerprint density at radius 2 is 1.89 bits per heavy atom. The highest BCUT2D eigenvalue weighted by Gasteiger charge is 2.42. The van der Waals surface area contributed by atoms with Gasteiger partial charge in [-0.05, 0) is 32.1 Å². The van der Waals surface area contributed by atoms with Gasteiger partial charge in [-0.15, -0.1) is 0 Å². The molecule has 2 amide bonds. The van der Waals surface area contributed by atoms with Crippen molar-refractivity contribution in [1.82, 2.24) is 9.80 Å². The van der Waals surface area contributed by atoms with Crippen LogP contribution in [0.2, 0.25) is 0 Å². The van der Waals surface area contributed by atoms with E-state index in [9.17, 15) is 14.7 Å². The third-order valence-electron chi connectivity index (χ3n) is 4.52. The molecule has 0 bridgehead atoms. The van der Waals surface area contributed by atoms with Gasteiger partial charge < -0.3 is 14.9 Å². The molecule has 1 aliphatic heterocycles. The van der Waals surface area contributed by atoms with Gasteiger partial charge in [0.25, 0.3) is 0 Å². The summed E-state index contributed by atoms with van der Waals surface area (Å²) in [5, 5.41) is 9.31. The summed E-state index contributed by atoms with van der Waals surface area (Å²) in [7, 11) is 1.85. The first kappa shape index (κ1) is 13.2. The third kappa shape index (κ3) is 2.31. The molecule has 18 heavy (non-hydrogen) atoms. The average molecular weight is 254 g/mol. The molecule has 2 fully saturated rings. The van der Waals surface area contributed by atoms with Gasteiger partial charge in [-0.3, -0.25) is 4.79 Å². The Kier molecular flexibility index (Phi) is 3.50. The Morgan fingerprint density at radius 1 is 1.33 bits per heavy atom. The summed E-state index contributed by atoms with van der Waals surface area (Å²) < 4.78 is 0. The smallest absolute Gasteiger partial charge is 0.319 e. The molecule has 0 spiro atoms. The molecule has 0 radical (unpaired) electrons. The largest absolute Gasteiger partial charge is 0.481 e. The molecule has 0 aromatic carbocycles. The van der Waals surface area contributed by atoms with Crippen molar-refractivity contribution in [3.8, 4) is 0 Å². The molecule has 2 rings (SSSR count). The monoisotopic (exact) mass is 254 g/mol. The van der Waals surface area contributed by atoms with Gasteiger partial charge in [0.1, 0.15) is 0 Å². The van der Waals surface area contributed by atoms with E-state index < -0.39 is 11.4 Å². The van der Waals surface area contributed by atoms with E-state index in [1.54, 1.807) is 9.80 Å². The minimum atomic E-state index is -0.715. The second-order valence-electron chi connectivity index (χ2n) is 5.55. The van der Waals surface area contributed by atoms with E-state index in [1.807, 2.05) is 14.0 Å². The quantitative estimate of drug-likeness (QED) is 0.835. The predicted octanol–water partition coefficient (Wildman–Crippen LogP) is 1.78. The van der Waals surface area contributed by atoms with Crippen LogP contribution in [0.3, 0.4) is 0 Å². The van der Waals surface area contributed by atoms with Crippen LogP contribution in [0, 0.1) is 5.41 Å². The number of piperidine rings is 1. The van der Waals surface area contributed by atoms with Crippen LogP contribution in [0.15, 0.2) is 0 Å². The van der Waals surface area contributed by atoms with Gasteiger partial charge in [0, 0.05) is 26.2 Å². The molecule has 1 heterocycles. The lowest BCUT2D eigenvalue weighted by atomic mass is 9.76. The van der Waals surface area contributed by atoms with E-state index in [0.29, 0.717) is 38.4 Å². The Balaban J connectivity index is 1.93. The molecule has 2 aliphatic rings. The van der Waals surface area contributed by atoms with Crippen molar-refractivity contribution < 1.29 is 14.7 Å². The number of carboxylic acid groups (broad SMARTS) is 1. The van der Waals surface area contributed by atoms with E-state index in [-0.39, 0.29) is 6.03 Å². The van der Waals surface area contributed by atoms with Gasteiger partial charge in [-0.25, -0.2) is 4.79 Å². The molecule has 0 aromatic rings. The van der Waals surface area contributed by atoms with E-state index >= 15 is 0 Å². The van der Waals surface area contributed by atoms with Crippen molar-refractivity contribution in [3.63, 3.8) is 0 Å². The number of carbonyl (C=O) groups excluding carboxylic acids is 1. The van der Waals surface area contributed by atoms with Crippen molar-refractivity contribution in [2.24, 2.45) is 5.41 Å². The number of carbonyl (C=O) groups is 2. The zero-order valence-electron chi connectivity index (χ0n) is 11.2. The number of rotatable bonds is 3. The standard InChI is InChI=1S/C13H22N2O3/c1-3-13(11(16)17)6-8-15(9-7-13)12(18)14(2)10-4-5-10/h10H,3-9H2,1-2H3,(H,16,17). The molecule has 0 unspecified atom stereocenters. The number of carboxylic acids is 1. The molecule has 1 saturated heterocycles. The molecule has 1 saturated carbocycles. The van der Waals surface area contributed by atoms with Crippen LogP contribution in [0.5, 0.6) is 0 Å². The molecule has 5 heteroatoms. The first-order chi connectivity index (χ1) is 8.50. The lowest BCUT2D eigenvalue weighted by molar-refractivity contribution is -0.152. The number of likely N-dealkylation sites (tertiary alicyclic amines) is 1. The fourth-order valence-corrected chi connectivity index (χ4v) is 2.69. The summed E-state index contributed by atoms with van der Waals surface area (Å²) in [5.41, 5.74) is -0.616. The second-order valence-corrected chi connectivity index (χ2v) is 5.55. The second kappa shape index (κ2) is 4.78. The Hall–Kier alpha value is -1.26. The lowest BCUT2D eigenvalue weighted by Gasteiger charge is -2.39. The number of urea groups is 1. The van der Waals surface area contributed by atoms with E-state index in [2.05, 4.69) is 0 Å². The van der Waals surface area contributed by atoms with Crippen molar-refractivity contribution >= 4 is 12.0 Å². The summed E-state index contributed by atoms with van der Waals surface area (Å²) in [5.74, 6) is -0.715. The predicted molar refractivity (Wildman–Crippen MR) is 67.3 cm³/mol. The highest BCUT2D eigenvalue weighted by Crippen LogP contribution is 2.36. The summed E-state index contributed by atoms with van der Waals surface area (Å²) in [6.07, 6.45) is 3.99. The zero-order valence-corrected chi connectivity index (χ0v) is 11.2. The average Bonchev–Trinajstić information content (AvgIpc) is 3.21. The normalized spacial score (nSPS) is 22.7. The maximum atomic E-state index is 12.2. The van der Waals surface area contributed by atoms with Gasteiger partial charge in [0.2, 0.25) is 0 Å². The van der Waals surface area contributed by atoms with Gasteiger partial charge in [0.05, 0.1) is 5.41 Å². The number of amides is 2. The first-order valence-electron chi connectivity index (χ1n) is 6.75. The SMILES string of the molecule is CCC1(C(=O)O)CCN(C(=O)N(C)C2CC2)CC1. The number of hydrogen-bond acceptors (Lipinski definition) is 2. The summed E-state index contributed by atoms with van der Waals surface area (Å²) >= 11 is 0. The van der Waals surface area contributed by atoms with E-state index in [4.69, 9.17) is 0 Å². The number of hydrogen-bond donors (Lipinski definition) is 1. The Bertz CT molecular complexity index is 344. The highest BCUT2D eigenvalue weighted by molar-refractivity contribution is 5.77. The molecule has 0 atom stereocenters. The van der Waals surface area contributed by atoms with Gasteiger partial charge in [0.15, 0.2) is 0 Å². The number of nitrogens with zero attached hydrogens (tertiary/aromatic N) is 2. The Morgan fingerprint density at radius 3 is 2.28 bits per heavy atom. The van der Waals surface area contributed by atoms with Crippen LogP contribution in [-0.4, -0.2) is 53.1 Å². The number of aliphatic carboxylic acids is 1. The van der Waals surface area contributed by atoms with Crippen molar-refractivity contribution in [1.29, 1.82) is 0 Å². The van der Waals surface area contributed by atoms with Gasteiger partial charge >= 0.3 is 12.0 Å². The molecular formula is C13H22N2O3.